The molecular formula is C11H14O4S2. The molecule has 1 aromatic rings. The second-order valence-corrected chi connectivity index (χ2v) is 7.93. The van der Waals surface area contributed by atoms with Crippen molar-refractivity contribution >= 4 is 25.7 Å². The van der Waals surface area contributed by atoms with Crippen molar-refractivity contribution in [2.24, 2.45) is 0 Å². The van der Waals surface area contributed by atoms with E-state index < -0.39 is 13.9 Å². The van der Waals surface area contributed by atoms with E-state index in [1.807, 2.05) is 0 Å². The Morgan fingerprint density at radius 2 is 1.76 bits per heavy atom. The molecule has 0 spiro atoms. The second-order valence-electron chi connectivity index (χ2n) is 3.86. The Kier molecular flexibility index (Phi) is 4.35. The predicted molar refractivity (Wildman–Crippen MR) is 68.4 cm³/mol. The number of Topliss-reactive ketones (excluding diaryl/α,β-unsaturated/α-hetero) is 1. The SMILES string of the molecule is COS(=O)(=O)SC(C)(C)C(=O)c1ccccc1. The molecule has 0 fully saturated rings. The van der Waals surface area contributed by atoms with Gasteiger partial charge in [0.05, 0.1) is 11.9 Å². The van der Waals surface area contributed by atoms with Gasteiger partial charge in [-0.1, -0.05) is 30.3 Å². The first-order valence-electron chi connectivity index (χ1n) is 4.89. The molecular weight excluding hydrogens is 260 g/mol. The smallest absolute Gasteiger partial charge is 0.293 e. The minimum atomic E-state index is -3.73. The topological polar surface area (TPSA) is 60.4 Å². The van der Waals surface area contributed by atoms with E-state index in [1.54, 1.807) is 44.2 Å². The molecule has 0 aliphatic rings. The van der Waals surface area contributed by atoms with Crippen molar-refractivity contribution in [2.45, 2.75) is 18.6 Å². The zero-order valence-corrected chi connectivity index (χ0v) is 11.5. The highest BCUT2D eigenvalue weighted by atomic mass is 33.2. The zero-order chi connectivity index (χ0) is 13.1. The van der Waals surface area contributed by atoms with E-state index in [-0.39, 0.29) is 5.78 Å². The maximum atomic E-state index is 12.1. The van der Waals surface area contributed by atoms with E-state index >= 15 is 0 Å². The lowest BCUT2D eigenvalue weighted by Gasteiger charge is -2.20. The summed E-state index contributed by atoms with van der Waals surface area (Å²) >= 11 is 0. The van der Waals surface area contributed by atoms with Crippen LogP contribution in [0.5, 0.6) is 0 Å². The number of ketones is 1. The zero-order valence-electron chi connectivity index (χ0n) is 9.84. The van der Waals surface area contributed by atoms with Gasteiger partial charge in [-0.15, -0.1) is 0 Å². The molecule has 6 heteroatoms. The van der Waals surface area contributed by atoms with E-state index in [4.69, 9.17) is 0 Å². The second kappa shape index (κ2) is 5.20. The van der Waals surface area contributed by atoms with Crippen LogP contribution >= 0.6 is 10.8 Å². The third-order valence-corrected chi connectivity index (χ3v) is 5.58. The number of rotatable bonds is 5. The minimum Gasteiger partial charge on any atom is -0.293 e. The molecule has 0 N–H and O–H groups in total. The first-order chi connectivity index (χ1) is 7.78. The highest BCUT2D eigenvalue weighted by Crippen LogP contribution is 2.33. The monoisotopic (exact) mass is 274 g/mol. The lowest BCUT2D eigenvalue weighted by Crippen LogP contribution is -2.29. The molecule has 0 aromatic heterocycles. The van der Waals surface area contributed by atoms with Gasteiger partial charge in [-0.25, -0.2) is 0 Å². The Hall–Kier alpha value is -0.850. The van der Waals surface area contributed by atoms with Crippen LogP contribution in [0.15, 0.2) is 30.3 Å². The summed E-state index contributed by atoms with van der Waals surface area (Å²) in [6.45, 7) is 3.12. The fraction of sp³-hybridized carbons (Fsp3) is 0.364. The molecule has 94 valence electrons. The average molecular weight is 274 g/mol. The first kappa shape index (κ1) is 14.2. The molecule has 0 saturated heterocycles. The van der Waals surface area contributed by atoms with Crippen LogP contribution in [-0.2, 0) is 13.3 Å². The summed E-state index contributed by atoms with van der Waals surface area (Å²) in [5, 5.41) is 0. The van der Waals surface area contributed by atoms with Crippen LogP contribution in [-0.4, -0.2) is 26.1 Å². The molecule has 1 aromatic carbocycles. The van der Waals surface area contributed by atoms with Crippen molar-refractivity contribution in [1.82, 2.24) is 0 Å². The highest BCUT2D eigenvalue weighted by Gasteiger charge is 2.35. The van der Waals surface area contributed by atoms with Gasteiger partial charge in [-0.2, -0.15) is 8.42 Å². The highest BCUT2D eigenvalue weighted by molar-refractivity contribution is 8.71. The summed E-state index contributed by atoms with van der Waals surface area (Å²) < 4.78 is 25.9. The molecule has 0 atom stereocenters. The van der Waals surface area contributed by atoms with Crippen molar-refractivity contribution in [3.05, 3.63) is 35.9 Å². The van der Waals surface area contributed by atoms with Crippen LogP contribution in [0.1, 0.15) is 24.2 Å². The Labute approximate surface area is 105 Å². The number of carbonyl (C=O) groups excluding carboxylic acids is 1. The maximum absolute atomic E-state index is 12.1. The summed E-state index contributed by atoms with van der Waals surface area (Å²) in [5.74, 6) is -0.247. The van der Waals surface area contributed by atoms with Gasteiger partial charge in [0, 0.05) is 16.4 Å². The van der Waals surface area contributed by atoms with E-state index in [1.165, 1.54) is 0 Å². The standard InChI is InChI=1S/C11H14O4S2/c1-11(2,16-17(13,14)15-3)10(12)9-7-5-4-6-8-9/h4-8H,1-3H3. The molecule has 0 radical (unpaired) electrons. The van der Waals surface area contributed by atoms with Crippen LogP contribution < -0.4 is 0 Å². The third kappa shape index (κ3) is 3.83. The van der Waals surface area contributed by atoms with E-state index in [0.29, 0.717) is 16.4 Å². The number of carbonyl (C=O) groups is 1. The third-order valence-electron chi connectivity index (χ3n) is 2.10. The summed E-state index contributed by atoms with van der Waals surface area (Å²) in [6.07, 6.45) is 0. The quantitative estimate of drug-likeness (QED) is 0.609. The molecule has 0 bridgehead atoms. The molecule has 0 aliphatic carbocycles. The lowest BCUT2D eigenvalue weighted by atomic mass is 10.0. The molecule has 0 aliphatic heterocycles. The summed E-state index contributed by atoms with van der Waals surface area (Å²) in [5.41, 5.74) is 0.483. The molecule has 0 saturated carbocycles. The molecule has 0 amide bonds. The van der Waals surface area contributed by atoms with E-state index in [2.05, 4.69) is 4.18 Å². The van der Waals surface area contributed by atoms with Gasteiger partial charge in [-0.3, -0.25) is 8.98 Å². The van der Waals surface area contributed by atoms with Crippen LogP contribution in [0.2, 0.25) is 0 Å². The normalized spacial score (nSPS) is 12.4. The average Bonchev–Trinajstić information content (AvgIpc) is 2.28. The van der Waals surface area contributed by atoms with E-state index in [9.17, 15) is 13.2 Å². The Morgan fingerprint density at radius 1 is 1.24 bits per heavy atom. The van der Waals surface area contributed by atoms with Crippen molar-refractivity contribution in [3.63, 3.8) is 0 Å². The first-order valence-corrected chi connectivity index (χ1v) is 7.64. The van der Waals surface area contributed by atoms with Gasteiger partial charge >= 0.3 is 9.15 Å². The van der Waals surface area contributed by atoms with Crippen molar-refractivity contribution in [2.75, 3.05) is 7.11 Å². The van der Waals surface area contributed by atoms with Crippen LogP contribution in [0, 0.1) is 0 Å². The number of benzene rings is 1. The van der Waals surface area contributed by atoms with Gasteiger partial charge in [-0.05, 0) is 13.8 Å². The Balaban J connectivity index is 2.96. The van der Waals surface area contributed by atoms with Crippen molar-refractivity contribution in [3.8, 4) is 0 Å². The molecule has 0 unspecified atom stereocenters. The van der Waals surface area contributed by atoms with Gasteiger partial charge in [0.2, 0.25) is 0 Å². The van der Waals surface area contributed by atoms with Crippen LogP contribution in [0.25, 0.3) is 0 Å². The largest absolute Gasteiger partial charge is 0.322 e. The fourth-order valence-corrected chi connectivity index (χ4v) is 4.00. The summed E-state index contributed by atoms with van der Waals surface area (Å²) in [4.78, 5) is 12.1. The number of hydrogen-bond acceptors (Lipinski definition) is 5. The lowest BCUT2D eigenvalue weighted by molar-refractivity contribution is 0.0958. The van der Waals surface area contributed by atoms with Gasteiger partial charge in [0.25, 0.3) is 0 Å². The van der Waals surface area contributed by atoms with E-state index in [0.717, 1.165) is 7.11 Å². The van der Waals surface area contributed by atoms with Crippen molar-refractivity contribution in [1.29, 1.82) is 0 Å². The Morgan fingerprint density at radius 3 is 2.24 bits per heavy atom. The fourth-order valence-electron chi connectivity index (χ4n) is 1.26. The Bertz CT molecular complexity index is 491. The summed E-state index contributed by atoms with van der Waals surface area (Å²) in [7, 11) is -2.15. The maximum Gasteiger partial charge on any atom is 0.322 e. The van der Waals surface area contributed by atoms with Gasteiger partial charge in [0.1, 0.15) is 0 Å². The van der Waals surface area contributed by atoms with Crippen LogP contribution in [0.4, 0.5) is 0 Å². The van der Waals surface area contributed by atoms with Crippen LogP contribution in [0.3, 0.4) is 0 Å². The van der Waals surface area contributed by atoms with Gasteiger partial charge < -0.3 is 0 Å². The molecule has 0 heterocycles. The van der Waals surface area contributed by atoms with Gasteiger partial charge in [0.15, 0.2) is 5.78 Å². The molecule has 4 nitrogen and oxygen atoms in total. The minimum absolute atomic E-state index is 0.247. The molecule has 1 rings (SSSR count). The predicted octanol–water partition coefficient (Wildman–Crippen LogP) is 2.27. The van der Waals surface area contributed by atoms with Crippen molar-refractivity contribution < 1.29 is 17.4 Å². The number of hydrogen-bond donors (Lipinski definition) is 0. The summed E-state index contributed by atoms with van der Waals surface area (Å²) in [6, 6.07) is 8.58. The molecule has 17 heavy (non-hydrogen) atoms.